The summed E-state index contributed by atoms with van der Waals surface area (Å²) in [7, 11) is 0. The van der Waals surface area contributed by atoms with Gasteiger partial charge in [-0.3, -0.25) is 0 Å². The summed E-state index contributed by atoms with van der Waals surface area (Å²) in [6.07, 6.45) is 0. The number of nitrogens with one attached hydrogen (secondary N) is 1. The van der Waals surface area contributed by atoms with Crippen molar-refractivity contribution >= 4 is 29.2 Å². The zero-order valence-corrected chi connectivity index (χ0v) is 12.2. The second-order valence-corrected chi connectivity index (χ2v) is 5.12. The number of hydrogen-bond acceptors (Lipinski definition) is 4. The Morgan fingerprint density at radius 1 is 1.00 bits per heavy atom. The van der Waals surface area contributed by atoms with Gasteiger partial charge in [-0.2, -0.15) is 15.0 Å². The Hall–Kier alpha value is -1.39. The maximum Gasteiger partial charge on any atom is 0.228 e. The van der Waals surface area contributed by atoms with Gasteiger partial charge in [-0.25, -0.2) is 0 Å². The number of rotatable bonds is 4. The lowest BCUT2D eigenvalue weighted by atomic mass is 10.0. The van der Waals surface area contributed by atoms with Gasteiger partial charge in [-0.05, 0) is 40.2 Å². The van der Waals surface area contributed by atoms with E-state index in [-0.39, 0.29) is 10.6 Å². The van der Waals surface area contributed by atoms with E-state index >= 15 is 0 Å². The number of anilines is 1. The molecule has 0 unspecified atom stereocenters. The highest BCUT2D eigenvalue weighted by Crippen LogP contribution is 2.15. The Bertz CT molecular complexity index is 535. The first-order valence-electron chi connectivity index (χ1n) is 5.94. The molecular weight excluding hydrogens is 283 g/mol. The Kier molecular flexibility index (Phi) is 4.56. The van der Waals surface area contributed by atoms with Gasteiger partial charge in [0.15, 0.2) is 0 Å². The fourth-order valence-electron chi connectivity index (χ4n) is 1.61. The van der Waals surface area contributed by atoms with Gasteiger partial charge in [0, 0.05) is 6.54 Å². The number of halogens is 2. The van der Waals surface area contributed by atoms with Crippen LogP contribution in [0.2, 0.25) is 10.6 Å². The lowest BCUT2D eigenvalue weighted by Crippen LogP contribution is -2.05. The zero-order chi connectivity index (χ0) is 13.8. The predicted molar refractivity (Wildman–Crippen MR) is 77.7 cm³/mol. The van der Waals surface area contributed by atoms with Crippen LogP contribution in [0.3, 0.4) is 0 Å². The molecule has 1 N–H and O–H groups in total. The third-order valence-electron chi connectivity index (χ3n) is 2.68. The van der Waals surface area contributed by atoms with Gasteiger partial charge >= 0.3 is 0 Å². The van der Waals surface area contributed by atoms with Crippen LogP contribution in [0.1, 0.15) is 30.9 Å². The monoisotopic (exact) mass is 296 g/mol. The van der Waals surface area contributed by atoms with Crippen LogP contribution in [0, 0.1) is 0 Å². The summed E-state index contributed by atoms with van der Waals surface area (Å²) < 4.78 is 0. The van der Waals surface area contributed by atoms with Crippen LogP contribution in [0.25, 0.3) is 0 Å². The fourth-order valence-corrected chi connectivity index (χ4v) is 1.97. The molecule has 0 radical (unpaired) electrons. The average Bonchev–Trinajstić information content (AvgIpc) is 2.36. The molecular formula is C13H14Cl2N4. The van der Waals surface area contributed by atoms with E-state index < -0.39 is 0 Å². The highest BCUT2D eigenvalue weighted by molar-refractivity contribution is 6.31. The summed E-state index contributed by atoms with van der Waals surface area (Å²) in [5.41, 5.74) is 2.45. The Labute approximate surface area is 122 Å². The minimum absolute atomic E-state index is 0.0812. The second-order valence-electron chi connectivity index (χ2n) is 4.45. The third-order valence-corrected chi connectivity index (χ3v) is 3.02. The minimum atomic E-state index is 0.0812. The van der Waals surface area contributed by atoms with E-state index in [2.05, 4.69) is 58.4 Å². The summed E-state index contributed by atoms with van der Waals surface area (Å²) in [5, 5.41) is 3.22. The summed E-state index contributed by atoms with van der Waals surface area (Å²) in [4.78, 5) is 11.6. The molecule has 19 heavy (non-hydrogen) atoms. The van der Waals surface area contributed by atoms with E-state index in [1.807, 2.05) is 0 Å². The van der Waals surface area contributed by atoms with E-state index in [0.717, 1.165) is 5.56 Å². The molecule has 0 aliphatic carbocycles. The molecule has 2 rings (SSSR count). The van der Waals surface area contributed by atoms with Crippen molar-refractivity contribution in [3.05, 3.63) is 46.0 Å². The first kappa shape index (κ1) is 14.0. The lowest BCUT2D eigenvalue weighted by molar-refractivity contribution is 0.865. The molecule has 0 aliphatic rings. The largest absolute Gasteiger partial charge is 0.350 e. The van der Waals surface area contributed by atoms with E-state index in [0.29, 0.717) is 18.4 Å². The van der Waals surface area contributed by atoms with Gasteiger partial charge in [-0.15, -0.1) is 0 Å². The van der Waals surface area contributed by atoms with Gasteiger partial charge in [0.2, 0.25) is 16.5 Å². The van der Waals surface area contributed by atoms with Crippen LogP contribution in [0.5, 0.6) is 0 Å². The van der Waals surface area contributed by atoms with Crippen molar-refractivity contribution in [2.75, 3.05) is 5.32 Å². The first-order chi connectivity index (χ1) is 9.04. The van der Waals surface area contributed by atoms with E-state index in [1.165, 1.54) is 5.56 Å². The Morgan fingerprint density at radius 2 is 1.58 bits per heavy atom. The summed E-state index contributed by atoms with van der Waals surface area (Å²) in [5.74, 6) is 0.904. The fraction of sp³-hybridized carbons (Fsp3) is 0.308. The molecule has 0 spiro atoms. The van der Waals surface area contributed by atoms with E-state index in [4.69, 9.17) is 23.2 Å². The predicted octanol–water partition coefficient (Wildman–Crippen LogP) is 3.91. The van der Waals surface area contributed by atoms with Crippen molar-refractivity contribution in [3.63, 3.8) is 0 Å². The van der Waals surface area contributed by atoms with Crippen LogP contribution in [0.15, 0.2) is 24.3 Å². The third kappa shape index (κ3) is 4.04. The zero-order valence-electron chi connectivity index (χ0n) is 10.7. The molecule has 0 saturated carbocycles. The molecule has 0 amide bonds. The summed E-state index contributed by atoms with van der Waals surface area (Å²) >= 11 is 11.4. The molecule has 2 aromatic rings. The van der Waals surface area contributed by atoms with Crippen LogP contribution in [0.4, 0.5) is 5.95 Å². The molecule has 0 aliphatic heterocycles. The van der Waals surface area contributed by atoms with Crippen molar-refractivity contribution in [2.24, 2.45) is 0 Å². The van der Waals surface area contributed by atoms with Crippen LogP contribution in [-0.4, -0.2) is 15.0 Å². The van der Waals surface area contributed by atoms with Crippen molar-refractivity contribution in [3.8, 4) is 0 Å². The maximum absolute atomic E-state index is 5.70. The smallest absolute Gasteiger partial charge is 0.228 e. The normalized spacial score (nSPS) is 10.8. The first-order valence-corrected chi connectivity index (χ1v) is 6.70. The molecule has 6 heteroatoms. The topological polar surface area (TPSA) is 50.7 Å². The van der Waals surface area contributed by atoms with E-state index in [1.54, 1.807) is 0 Å². The number of nitrogens with zero attached hydrogens (tertiary/aromatic N) is 3. The summed E-state index contributed by atoms with van der Waals surface area (Å²) in [6, 6.07) is 8.39. The number of aromatic nitrogens is 3. The standard InChI is InChI=1S/C13H14Cl2N4/c1-8(2)10-5-3-9(4-6-10)7-16-13-18-11(14)17-12(15)19-13/h3-6,8H,7H2,1-2H3,(H,16,17,18,19). The van der Waals surface area contributed by atoms with Crippen molar-refractivity contribution in [1.82, 2.24) is 15.0 Å². The number of benzene rings is 1. The van der Waals surface area contributed by atoms with Crippen LogP contribution >= 0.6 is 23.2 Å². The van der Waals surface area contributed by atoms with Gasteiger partial charge < -0.3 is 5.32 Å². The number of hydrogen-bond donors (Lipinski definition) is 1. The van der Waals surface area contributed by atoms with Gasteiger partial charge in [0.05, 0.1) is 0 Å². The highest BCUT2D eigenvalue weighted by Gasteiger charge is 2.03. The Balaban J connectivity index is 2.02. The van der Waals surface area contributed by atoms with Crippen molar-refractivity contribution < 1.29 is 0 Å². The molecule has 4 nitrogen and oxygen atoms in total. The van der Waals surface area contributed by atoms with Crippen LogP contribution < -0.4 is 5.32 Å². The molecule has 1 aromatic carbocycles. The second kappa shape index (κ2) is 6.17. The maximum atomic E-state index is 5.70. The van der Waals surface area contributed by atoms with Crippen molar-refractivity contribution in [1.29, 1.82) is 0 Å². The quantitative estimate of drug-likeness (QED) is 0.929. The van der Waals surface area contributed by atoms with Gasteiger partial charge in [-0.1, -0.05) is 38.1 Å². The van der Waals surface area contributed by atoms with Gasteiger partial charge in [0.1, 0.15) is 0 Å². The molecule has 0 bridgehead atoms. The molecule has 1 heterocycles. The molecule has 0 fully saturated rings. The molecule has 0 atom stereocenters. The molecule has 1 aromatic heterocycles. The summed E-state index contributed by atoms with van der Waals surface area (Å²) in [6.45, 7) is 4.94. The molecule has 0 saturated heterocycles. The lowest BCUT2D eigenvalue weighted by Gasteiger charge is -2.08. The molecule has 100 valence electrons. The highest BCUT2D eigenvalue weighted by atomic mass is 35.5. The van der Waals surface area contributed by atoms with E-state index in [9.17, 15) is 0 Å². The minimum Gasteiger partial charge on any atom is -0.350 e. The Morgan fingerprint density at radius 3 is 2.11 bits per heavy atom. The van der Waals surface area contributed by atoms with Gasteiger partial charge in [0.25, 0.3) is 0 Å². The average molecular weight is 297 g/mol. The van der Waals surface area contributed by atoms with Crippen molar-refractivity contribution in [2.45, 2.75) is 26.3 Å². The van der Waals surface area contributed by atoms with Crippen LogP contribution in [-0.2, 0) is 6.54 Å². The SMILES string of the molecule is CC(C)c1ccc(CNc2nc(Cl)nc(Cl)n2)cc1.